The average molecular weight is 542 g/mol. The molecule has 212 valence electrons. The van der Waals surface area contributed by atoms with Crippen molar-refractivity contribution in [2.45, 2.75) is 58.4 Å². The first-order valence-corrected chi connectivity index (χ1v) is 14.9. The second kappa shape index (κ2) is 13.8. The maximum atomic E-state index is 13.2. The van der Waals surface area contributed by atoms with Crippen molar-refractivity contribution in [3.05, 3.63) is 89.7 Å². The number of aromatic nitrogens is 1. The number of hydrogen-bond acceptors (Lipinski definition) is 5. The molecule has 1 fully saturated rings. The van der Waals surface area contributed by atoms with E-state index in [4.69, 9.17) is 9.47 Å². The van der Waals surface area contributed by atoms with Crippen LogP contribution < -0.4 is 9.47 Å². The van der Waals surface area contributed by atoms with E-state index in [0.29, 0.717) is 19.6 Å². The van der Waals surface area contributed by atoms with E-state index in [-0.39, 0.29) is 11.3 Å². The van der Waals surface area contributed by atoms with E-state index in [1.54, 1.807) is 0 Å². The number of amides is 1. The Hall–Kier alpha value is -3.38. The first-order valence-electron chi connectivity index (χ1n) is 14.9. The lowest BCUT2D eigenvalue weighted by molar-refractivity contribution is -0.133. The molecule has 0 saturated carbocycles. The molecular weight excluding hydrogens is 498 g/mol. The maximum absolute atomic E-state index is 13.2. The van der Waals surface area contributed by atoms with Crippen molar-refractivity contribution < 1.29 is 14.3 Å². The Kier molecular flexibility index (Phi) is 9.72. The average Bonchev–Trinajstić information content (AvgIpc) is 2.97. The van der Waals surface area contributed by atoms with E-state index < -0.39 is 0 Å². The summed E-state index contributed by atoms with van der Waals surface area (Å²) in [4.78, 5) is 22.5. The van der Waals surface area contributed by atoms with Crippen molar-refractivity contribution in [1.29, 1.82) is 0 Å². The van der Waals surface area contributed by atoms with Gasteiger partial charge in [-0.25, -0.2) is 0 Å². The van der Waals surface area contributed by atoms with E-state index in [1.165, 1.54) is 18.4 Å². The minimum atomic E-state index is 0.198. The topological polar surface area (TPSA) is 54.9 Å². The molecule has 2 aliphatic heterocycles. The summed E-state index contributed by atoms with van der Waals surface area (Å²) in [6, 6.07) is 22.6. The number of aryl methyl sites for hydroxylation is 1. The Bertz CT molecular complexity index is 1210. The van der Waals surface area contributed by atoms with Gasteiger partial charge in [-0.1, -0.05) is 42.8 Å². The van der Waals surface area contributed by atoms with Crippen molar-refractivity contribution >= 4 is 5.91 Å². The zero-order valence-corrected chi connectivity index (χ0v) is 23.9. The van der Waals surface area contributed by atoms with Gasteiger partial charge in [0, 0.05) is 38.9 Å². The molecule has 6 nitrogen and oxygen atoms in total. The van der Waals surface area contributed by atoms with Crippen LogP contribution in [0.2, 0.25) is 0 Å². The summed E-state index contributed by atoms with van der Waals surface area (Å²) >= 11 is 0. The summed E-state index contributed by atoms with van der Waals surface area (Å²) in [5, 5.41) is 0. The Labute approximate surface area is 239 Å². The summed E-state index contributed by atoms with van der Waals surface area (Å²) in [7, 11) is 0. The lowest BCUT2D eigenvalue weighted by Crippen LogP contribution is -2.48. The van der Waals surface area contributed by atoms with Crippen LogP contribution in [0.25, 0.3) is 0 Å². The summed E-state index contributed by atoms with van der Waals surface area (Å²) in [5.74, 6) is 2.10. The fraction of sp³-hybridized carbons (Fsp3) is 0.471. The fourth-order valence-electron chi connectivity index (χ4n) is 6.23. The predicted molar refractivity (Wildman–Crippen MR) is 159 cm³/mol. The van der Waals surface area contributed by atoms with Gasteiger partial charge in [-0.2, -0.15) is 0 Å². The smallest absolute Gasteiger partial charge is 0.226 e. The first kappa shape index (κ1) is 28.2. The number of para-hydroxylation sites is 1. The van der Waals surface area contributed by atoms with E-state index >= 15 is 0 Å². The molecule has 0 radical (unpaired) electrons. The molecule has 0 atom stereocenters. The molecular formula is C34H43N3O3. The number of rotatable bonds is 6. The normalized spacial score (nSPS) is 18.2. The summed E-state index contributed by atoms with van der Waals surface area (Å²) in [6.07, 6.45) is 8.99. The quantitative estimate of drug-likeness (QED) is 0.387. The lowest BCUT2D eigenvalue weighted by atomic mass is 9.73. The van der Waals surface area contributed by atoms with Gasteiger partial charge in [-0.05, 0) is 85.9 Å². The largest absolute Gasteiger partial charge is 0.494 e. The molecule has 0 unspecified atom stereocenters. The lowest BCUT2D eigenvalue weighted by Gasteiger charge is -2.45. The van der Waals surface area contributed by atoms with Gasteiger partial charge in [0.1, 0.15) is 18.1 Å². The Morgan fingerprint density at radius 3 is 2.52 bits per heavy atom. The molecule has 3 aromatic rings. The summed E-state index contributed by atoms with van der Waals surface area (Å²) in [6.45, 7) is 7.61. The molecule has 0 bridgehead atoms. The van der Waals surface area contributed by atoms with Crippen LogP contribution in [0.5, 0.6) is 11.5 Å². The van der Waals surface area contributed by atoms with Gasteiger partial charge < -0.3 is 14.4 Å². The van der Waals surface area contributed by atoms with Crippen LogP contribution in [0.3, 0.4) is 0 Å². The highest BCUT2D eigenvalue weighted by Crippen LogP contribution is 2.39. The molecule has 1 aromatic heterocycles. The number of benzene rings is 2. The molecule has 0 N–H and O–H groups in total. The third-order valence-electron chi connectivity index (χ3n) is 8.48. The van der Waals surface area contributed by atoms with E-state index in [2.05, 4.69) is 51.2 Å². The van der Waals surface area contributed by atoms with Gasteiger partial charge in [-0.3, -0.25) is 14.7 Å². The molecule has 0 aliphatic carbocycles. The van der Waals surface area contributed by atoms with E-state index in [1.807, 2.05) is 43.5 Å². The van der Waals surface area contributed by atoms with Crippen LogP contribution in [0.1, 0.15) is 55.8 Å². The fourth-order valence-corrected chi connectivity index (χ4v) is 6.23. The maximum Gasteiger partial charge on any atom is 0.226 e. The van der Waals surface area contributed by atoms with Crippen LogP contribution in [-0.2, 0) is 24.2 Å². The number of likely N-dealkylation sites (tertiary alicyclic amines) is 1. The van der Waals surface area contributed by atoms with Crippen LogP contribution in [0.4, 0.5) is 0 Å². The molecule has 40 heavy (non-hydrogen) atoms. The number of ether oxygens (including phenoxy) is 2. The zero-order valence-electron chi connectivity index (χ0n) is 23.9. The van der Waals surface area contributed by atoms with Crippen LogP contribution >= 0.6 is 0 Å². The van der Waals surface area contributed by atoms with Crippen LogP contribution in [-0.4, -0.2) is 60.1 Å². The summed E-state index contributed by atoms with van der Waals surface area (Å²) < 4.78 is 11.9. The second-order valence-corrected chi connectivity index (χ2v) is 11.3. The van der Waals surface area contributed by atoms with Gasteiger partial charge >= 0.3 is 0 Å². The molecule has 3 heterocycles. The van der Waals surface area contributed by atoms with Crippen molar-refractivity contribution in [3.63, 3.8) is 0 Å². The predicted octanol–water partition coefficient (Wildman–Crippen LogP) is 5.94. The molecule has 6 heteroatoms. The first-order chi connectivity index (χ1) is 19.6. The van der Waals surface area contributed by atoms with Gasteiger partial charge in [0.25, 0.3) is 0 Å². The molecule has 1 saturated heterocycles. The number of carbonyl (C=O) groups excluding carboxylic acids is 1. The van der Waals surface area contributed by atoms with Crippen molar-refractivity contribution in [1.82, 2.24) is 14.8 Å². The highest BCUT2D eigenvalue weighted by atomic mass is 16.5. The minimum Gasteiger partial charge on any atom is -0.494 e. The van der Waals surface area contributed by atoms with Gasteiger partial charge in [-0.15, -0.1) is 0 Å². The standard InChI is InChI=1S/C34H43N3O3/c1-2-39-31-15-13-28(14-16-31)25-33(38)37-21-18-34(19-22-37)17-7-5-10-29-9-3-4-12-32(29)40-24-23-36(27-34)26-30-11-6-8-20-35-30/h3-4,6,8-9,11-16,20H,2,5,7,10,17-19,21-27H2,1H3. The number of fused-ring (bicyclic) bond motifs is 1. The molecule has 1 spiro atoms. The zero-order chi connectivity index (χ0) is 27.6. The number of nitrogens with zero attached hydrogens (tertiary/aromatic N) is 3. The number of hydrogen-bond donors (Lipinski definition) is 0. The van der Waals surface area contributed by atoms with Gasteiger partial charge in [0.15, 0.2) is 0 Å². The van der Waals surface area contributed by atoms with E-state index in [0.717, 1.165) is 81.2 Å². The van der Waals surface area contributed by atoms with Gasteiger partial charge in [0.2, 0.25) is 5.91 Å². The Morgan fingerprint density at radius 2 is 1.75 bits per heavy atom. The molecule has 2 aromatic carbocycles. The summed E-state index contributed by atoms with van der Waals surface area (Å²) in [5.41, 5.74) is 3.64. The van der Waals surface area contributed by atoms with Crippen LogP contribution in [0.15, 0.2) is 72.9 Å². The Morgan fingerprint density at radius 1 is 0.950 bits per heavy atom. The molecule has 1 amide bonds. The monoisotopic (exact) mass is 541 g/mol. The number of pyridine rings is 1. The number of piperidine rings is 1. The second-order valence-electron chi connectivity index (χ2n) is 11.3. The third-order valence-corrected chi connectivity index (χ3v) is 8.48. The third kappa shape index (κ3) is 7.63. The molecule has 5 rings (SSSR count). The highest BCUT2D eigenvalue weighted by molar-refractivity contribution is 5.79. The van der Waals surface area contributed by atoms with Gasteiger partial charge in [0.05, 0.1) is 18.7 Å². The number of carbonyl (C=O) groups is 1. The highest BCUT2D eigenvalue weighted by Gasteiger charge is 2.37. The van der Waals surface area contributed by atoms with E-state index in [9.17, 15) is 4.79 Å². The minimum absolute atomic E-state index is 0.198. The van der Waals surface area contributed by atoms with Crippen molar-refractivity contribution in [3.8, 4) is 11.5 Å². The van der Waals surface area contributed by atoms with Crippen molar-refractivity contribution in [2.24, 2.45) is 5.41 Å². The SMILES string of the molecule is CCOc1ccc(CC(=O)N2CCC3(CCCCc4ccccc4OCCN(Cc4ccccn4)C3)CC2)cc1. The van der Waals surface area contributed by atoms with Crippen LogP contribution in [0, 0.1) is 5.41 Å². The molecule has 2 aliphatic rings. The van der Waals surface area contributed by atoms with Crippen molar-refractivity contribution in [2.75, 3.05) is 39.4 Å². The Balaban J connectivity index is 1.26.